The monoisotopic (exact) mass is 280 g/mol. The highest BCUT2D eigenvalue weighted by molar-refractivity contribution is 7.89. The molecule has 17 heavy (non-hydrogen) atoms. The molecule has 0 bridgehead atoms. The van der Waals surface area contributed by atoms with Crippen LogP contribution in [0, 0.1) is 0 Å². The van der Waals surface area contributed by atoms with E-state index in [1.807, 2.05) is 0 Å². The average molecular weight is 281 g/mol. The number of anilines is 1. The van der Waals surface area contributed by atoms with Crippen LogP contribution in [0.1, 0.15) is 6.92 Å². The molecule has 0 fully saturated rings. The van der Waals surface area contributed by atoms with Crippen molar-refractivity contribution < 1.29 is 8.42 Å². The zero-order valence-electron chi connectivity index (χ0n) is 9.18. The molecule has 0 aliphatic heterocycles. The summed E-state index contributed by atoms with van der Waals surface area (Å²) in [5, 5.41) is 11.4. The normalized spacial score (nSPS) is 11.5. The second-order valence-corrected chi connectivity index (χ2v) is 5.40. The molecular formula is C8H13ClN4O3S. The Morgan fingerprint density at radius 2 is 2.24 bits per heavy atom. The van der Waals surface area contributed by atoms with E-state index in [0.717, 1.165) is 0 Å². The average Bonchev–Trinajstić information content (AvgIpc) is 2.23. The largest absolute Gasteiger partial charge is 0.381 e. The van der Waals surface area contributed by atoms with Gasteiger partial charge in [0.15, 0.2) is 0 Å². The van der Waals surface area contributed by atoms with Crippen LogP contribution in [0.5, 0.6) is 0 Å². The highest BCUT2D eigenvalue weighted by Gasteiger charge is 2.09. The van der Waals surface area contributed by atoms with Gasteiger partial charge < -0.3 is 5.32 Å². The summed E-state index contributed by atoms with van der Waals surface area (Å²) >= 11 is 5.81. The van der Waals surface area contributed by atoms with Gasteiger partial charge in [-0.05, 0) is 6.92 Å². The standard InChI is InChI=1S/C8H13ClN4O3S/c1-2-13-8(14)7(9)6(5-12-13)11-3-4-17(10,15)16/h5,11H,2-4H2,1H3,(H2,10,15,16). The molecular weight excluding hydrogens is 268 g/mol. The van der Waals surface area contributed by atoms with E-state index in [-0.39, 0.29) is 17.3 Å². The minimum Gasteiger partial charge on any atom is -0.381 e. The van der Waals surface area contributed by atoms with Crippen LogP contribution >= 0.6 is 11.6 Å². The van der Waals surface area contributed by atoms with Crippen LogP contribution in [0.25, 0.3) is 0 Å². The van der Waals surface area contributed by atoms with Gasteiger partial charge in [0.25, 0.3) is 5.56 Å². The lowest BCUT2D eigenvalue weighted by molar-refractivity contribution is 0.598. The number of nitrogens with zero attached hydrogens (tertiary/aromatic N) is 2. The van der Waals surface area contributed by atoms with Gasteiger partial charge in [-0.1, -0.05) is 11.6 Å². The smallest absolute Gasteiger partial charge is 0.287 e. The molecule has 7 nitrogen and oxygen atoms in total. The van der Waals surface area contributed by atoms with E-state index in [1.54, 1.807) is 6.92 Å². The quantitative estimate of drug-likeness (QED) is 0.764. The minimum atomic E-state index is -3.54. The molecule has 96 valence electrons. The molecule has 0 radical (unpaired) electrons. The van der Waals surface area contributed by atoms with Crippen molar-refractivity contribution in [2.75, 3.05) is 17.6 Å². The summed E-state index contributed by atoms with van der Waals surface area (Å²) in [7, 11) is -3.54. The second-order valence-electron chi connectivity index (χ2n) is 3.29. The van der Waals surface area contributed by atoms with E-state index in [4.69, 9.17) is 16.7 Å². The molecule has 0 saturated heterocycles. The van der Waals surface area contributed by atoms with Crippen LogP contribution in [-0.4, -0.2) is 30.5 Å². The maximum Gasteiger partial charge on any atom is 0.287 e. The van der Waals surface area contributed by atoms with Crippen LogP contribution < -0.4 is 16.0 Å². The van der Waals surface area contributed by atoms with Gasteiger partial charge >= 0.3 is 0 Å². The third-order valence-corrected chi connectivity index (χ3v) is 3.12. The van der Waals surface area contributed by atoms with Gasteiger partial charge in [-0.3, -0.25) is 4.79 Å². The molecule has 0 aromatic carbocycles. The summed E-state index contributed by atoms with van der Waals surface area (Å²) in [6.45, 7) is 2.24. The number of nitrogens with one attached hydrogen (secondary N) is 1. The Morgan fingerprint density at radius 1 is 1.59 bits per heavy atom. The maximum absolute atomic E-state index is 11.6. The summed E-state index contributed by atoms with van der Waals surface area (Å²) in [5.41, 5.74) is -0.125. The Morgan fingerprint density at radius 3 is 2.76 bits per heavy atom. The molecule has 0 saturated carbocycles. The molecule has 1 aromatic heterocycles. The zero-order valence-corrected chi connectivity index (χ0v) is 10.8. The third-order valence-electron chi connectivity index (χ3n) is 1.99. The Bertz CT molecular complexity index is 554. The summed E-state index contributed by atoms with van der Waals surface area (Å²) in [5.74, 6) is -0.250. The lowest BCUT2D eigenvalue weighted by atomic mass is 10.4. The van der Waals surface area contributed by atoms with Crippen molar-refractivity contribution in [1.82, 2.24) is 9.78 Å². The lowest BCUT2D eigenvalue weighted by Crippen LogP contribution is -2.25. The van der Waals surface area contributed by atoms with Crippen LogP contribution in [0.2, 0.25) is 5.02 Å². The first-order valence-corrected chi connectivity index (χ1v) is 6.94. The lowest BCUT2D eigenvalue weighted by Gasteiger charge is -2.08. The van der Waals surface area contributed by atoms with Gasteiger partial charge in [0, 0.05) is 13.1 Å². The number of nitrogens with two attached hydrogens (primary N) is 1. The van der Waals surface area contributed by atoms with Gasteiger partial charge in [-0.2, -0.15) is 5.10 Å². The molecule has 0 atom stereocenters. The van der Waals surface area contributed by atoms with Crippen molar-refractivity contribution in [1.29, 1.82) is 0 Å². The third kappa shape index (κ3) is 3.99. The van der Waals surface area contributed by atoms with Crippen molar-refractivity contribution in [3.05, 3.63) is 21.6 Å². The fraction of sp³-hybridized carbons (Fsp3) is 0.500. The van der Waals surface area contributed by atoms with Crippen molar-refractivity contribution in [2.24, 2.45) is 5.14 Å². The number of primary sulfonamides is 1. The van der Waals surface area contributed by atoms with Crippen LogP contribution in [0.3, 0.4) is 0 Å². The number of sulfonamides is 1. The Hall–Kier alpha value is -1.12. The number of hydrogen-bond donors (Lipinski definition) is 2. The first-order valence-electron chi connectivity index (χ1n) is 4.85. The zero-order chi connectivity index (χ0) is 13.1. The van der Waals surface area contributed by atoms with E-state index in [0.29, 0.717) is 12.2 Å². The van der Waals surface area contributed by atoms with Gasteiger partial charge in [-0.25, -0.2) is 18.2 Å². The number of halogens is 1. The van der Waals surface area contributed by atoms with Crippen LogP contribution in [0.15, 0.2) is 11.0 Å². The maximum atomic E-state index is 11.6. The van der Waals surface area contributed by atoms with E-state index in [2.05, 4.69) is 10.4 Å². The highest BCUT2D eigenvalue weighted by atomic mass is 35.5. The van der Waals surface area contributed by atoms with Crippen molar-refractivity contribution in [2.45, 2.75) is 13.5 Å². The number of aryl methyl sites for hydroxylation is 1. The van der Waals surface area contributed by atoms with Gasteiger partial charge in [-0.15, -0.1) is 0 Å². The summed E-state index contributed by atoms with van der Waals surface area (Å²) in [4.78, 5) is 11.6. The predicted molar refractivity (Wildman–Crippen MR) is 65.6 cm³/mol. The summed E-state index contributed by atoms with van der Waals surface area (Å²) in [6, 6.07) is 0. The Balaban J connectivity index is 2.80. The van der Waals surface area contributed by atoms with Crippen molar-refractivity contribution in [3.63, 3.8) is 0 Å². The summed E-state index contributed by atoms with van der Waals surface area (Å²) < 4.78 is 22.6. The van der Waals surface area contributed by atoms with Crippen molar-refractivity contribution >= 4 is 27.3 Å². The fourth-order valence-electron chi connectivity index (χ4n) is 1.14. The molecule has 0 aliphatic rings. The highest BCUT2D eigenvalue weighted by Crippen LogP contribution is 2.14. The van der Waals surface area contributed by atoms with Crippen LogP contribution in [-0.2, 0) is 16.6 Å². The van der Waals surface area contributed by atoms with E-state index < -0.39 is 15.6 Å². The molecule has 1 rings (SSSR count). The molecule has 9 heteroatoms. The van der Waals surface area contributed by atoms with Gasteiger partial charge in [0.2, 0.25) is 10.0 Å². The Labute approximate surface area is 104 Å². The van der Waals surface area contributed by atoms with Crippen molar-refractivity contribution in [3.8, 4) is 0 Å². The van der Waals surface area contributed by atoms with Crippen LogP contribution in [0.4, 0.5) is 5.69 Å². The Kier molecular flexibility index (Phi) is 4.49. The van der Waals surface area contributed by atoms with Gasteiger partial charge in [0.05, 0.1) is 17.6 Å². The van der Waals surface area contributed by atoms with Gasteiger partial charge in [0.1, 0.15) is 5.02 Å². The second kappa shape index (κ2) is 5.48. The molecule has 0 unspecified atom stereocenters. The molecule has 0 spiro atoms. The topological polar surface area (TPSA) is 107 Å². The summed E-state index contributed by atoms with van der Waals surface area (Å²) in [6.07, 6.45) is 1.37. The molecule has 0 amide bonds. The minimum absolute atomic E-state index is 0.0173. The van der Waals surface area contributed by atoms with E-state index in [9.17, 15) is 13.2 Å². The number of aromatic nitrogens is 2. The first-order chi connectivity index (χ1) is 7.85. The predicted octanol–water partition coefficient (Wildman–Crippen LogP) is -0.383. The number of rotatable bonds is 5. The molecule has 0 aliphatic carbocycles. The first kappa shape index (κ1) is 13.9. The number of hydrogen-bond acceptors (Lipinski definition) is 5. The molecule has 1 heterocycles. The SMILES string of the molecule is CCn1ncc(NCCS(N)(=O)=O)c(Cl)c1=O. The molecule has 1 aromatic rings. The fourth-order valence-corrected chi connectivity index (χ4v) is 1.74. The van der Waals surface area contributed by atoms with E-state index >= 15 is 0 Å². The van der Waals surface area contributed by atoms with E-state index in [1.165, 1.54) is 10.9 Å². The molecule has 3 N–H and O–H groups in total.